The molecule has 0 bridgehead atoms. The van der Waals surface area contributed by atoms with Crippen molar-refractivity contribution in [3.63, 3.8) is 0 Å². The van der Waals surface area contributed by atoms with Crippen LogP contribution in [0.3, 0.4) is 0 Å². The van der Waals surface area contributed by atoms with Crippen LogP contribution in [0.1, 0.15) is 28.8 Å². The van der Waals surface area contributed by atoms with E-state index in [0.29, 0.717) is 30.0 Å². The highest BCUT2D eigenvalue weighted by molar-refractivity contribution is 6.09. The molecule has 1 amide bonds. The number of ketones is 1. The Morgan fingerprint density at radius 3 is 2.35 bits per heavy atom. The molecule has 0 spiro atoms. The molecule has 1 atom stereocenters. The summed E-state index contributed by atoms with van der Waals surface area (Å²) >= 11 is 0. The lowest BCUT2D eigenvalue weighted by atomic mass is 9.92. The van der Waals surface area contributed by atoms with Crippen LogP contribution in [-0.4, -0.2) is 30.9 Å². The first-order valence-electron chi connectivity index (χ1n) is 8.49. The summed E-state index contributed by atoms with van der Waals surface area (Å²) in [5, 5.41) is 2.83. The Morgan fingerprint density at radius 1 is 1.00 bits per heavy atom. The number of rotatable bonds is 5. The van der Waals surface area contributed by atoms with Crippen LogP contribution in [0.4, 0.5) is 5.69 Å². The van der Waals surface area contributed by atoms with Crippen molar-refractivity contribution in [2.45, 2.75) is 18.9 Å². The van der Waals surface area contributed by atoms with Crippen molar-refractivity contribution in [1.29, 1.82) is 0 Å². The maximum absolute atomic E-state index is 12.5. The number of carbonyl (C=O) groups excluding carboxylic acids is 2. The van der Waals surface area contributed by atoms with Gasteiger partial charge in [0.15, 0.2) is 5.78 Å². The van der Waals surface area contributed by atoms with E-state index >= 15 is 0 Å². The van der Waals surface area contributed by atoms with Gasteiger partial charge in [-0.05, 0) is 30.9 Å². The number of benzene rings is 2. The monoisotopic (exact) mass is 374 g/mol. The van der Waals surface area contributed by atoms with Crippen LogP contribution in [0.25, 0.3) is 0 Å². The molecule has 1 aliphatic rings. The van der Waals surface area contributed by atoms with Crippen LogP contribution in [0.5, 0.6) is 0 Å². The standard InChI is InChI=1S/C20H22N2O3.ClH/c21-18(14-9-11-25-12-10-14)20(24)22-17-8-4-7-16(13-17)19(23)15-5-2-1-3-6-15;/h1-8,13-14,18H,9-12,21H2,(H,22,24);1H. The van der Waals surface area contributed by atoms with Crippen LogP contribution in [0.15, 0.2) is 54.6 Å². The molecule has 1 unspecified atom stereocenters. The second-order valence-electron chi connectivity index (χ2n) is 6.24. The van der Waals surface area contributed by atoms with Gasteiger partial charge >= 0.3 is 0 Å². The van der Waals surface area contributed by atoms with Gasteiger partial charge in [0.25, 0.3) is 0 Å². The third kappa shape index (κ3) is 4.91. The largest absolute Gasteiger partial charge is 0.381 e. The number of amides is 1. The van der Waals surface area contributed by atoms with Gasteiger partial charge in [-0.15, -0.1) is 12.4 Å². The summed E-state index contributed by atoms with van der Waals surface area (Å²) in [5.41, 5.74) is 7.82. The van der Waals surface area contributed by atoms with Crippen molar-refractivity contribution in [1.82, 2.24) is 0 Å². The van der Waals surface area contributed by atoms with E-state index in [-0.39, 0.29) is 30.0 Å². The first kappa shape index (κ1) is 20.1. The van der Waals surface area contributed by atoms with Crippen molar-refractivity contribution < 1.29 is 14.3 Å². The Labute approximate surface area is 159 Å². The Balaban J connectivity index is 0.00000243. The third-order valence-electron chi connectivity index (χ3n) is 4.50. The van der Waals surface area contributed by atoms with E-state index in [0.717, 1.165) is 12.8 Å². The maximum Gasteiger partial charge on any atom is 0.241 e. The summed E-state index contributed by atoms with van der Waals surface area (Å²) in [6.45, 7) is 1.29. The van der Waals surface area contributed by atoms with E-state index < -0.39 is 6.04 Å². The zero-order valence-electron chi connectivity index (χ0n) is 14.4. The molecular formula is C20H23ClN2O3. The van der Waals surface area contributed by atoms with Gasteiger partial charge in [0.2, 0.25) is 5.91 Å². The van der Waals surface area contributed by atoms with Gasteiger partial charge in [-0.1, -0.05) is 42.5 Å². The molecule has 1 aliphatic heterocycles. The first-order chi connectivity index (χ1) is 12.1. The highest BCUT2D eigenvalue weighted by Gasteiger charge is 2.26. The molecule has 1 fully saturated rings. The minimum absolute atomic E-state index is 0. The Hall–Kier alpha value is -2.21. The smallest absolute Gasteiger partial charge is 0.241 e. The van der Waals surface area contributed by atoms with Gasteiger partial charge in [0, 0.05) is 30.0 Å². The molecule has 0 aromatic heterocycles. The Morgan fingerprint density at radius 2 is 1.65 bits per heavy atom. The first-order valence-corrected chi connectivity index (χ1v) is 8.49. The fourth-order valence-electron chi connectivity index (χ4n) is 3.01. The van der Waals surface area contributed by atoms with Gasteiger partial charge < -0.3 is 15.8 Å². The van der Waals surface area contributed by atoms with Gasteiger partial charge in [0.1, 0.15) is 0 Å². The van der Waals surface area contributed by atoms with E-state index in [1.165, 1.54) is 0 Å². The fourth-order valence-corrected chi connectivity index (χ4v) is 3.01. The number of hydrogen-bond donors (Lipinski definition) is 2. The quantitative estimate of drug-likeness (QED) is 0.788. The number of nitrogens with two attached hydrogens (primary N) is 1. The summed E-state index contributed by atoms with van der Waals surface area (Å²) < 4.78 is 5.31. The predicted molar refractivity (Wildman–Crippen MR) is 104 cm³/mol. The van der Waals surface area contributed by atoms with E-state index in [1.54, 1.807) is 36.4 Å². The number of nitrogens with one attached hydrogen (secondary N) is 1. The zero-order chi connectivity index (χ0) is 17.6. The minimum atomic E-state index is -0.572. The molecule has 5 nitrogen and oxygen atoms in total. The summed E-state index contributed by atoms with van der Waals surface area (Å²) in [7, 11) is 0. The lowest BCUT2D eigenvalue weighted by Gasteiger charge is -2.26. The normalized spacial score (nSPS) is 15.6. The van der Waals surface area contributed by atoms with Crippen molar-refractivity contribution in [3.8, 4) is 0 Å². The topological polar surface area (TPSA) is 81.4 Å². The molecule has 3 rings (SSSR count). The molecule has 26 heavy (non-hydrogen) atoms. The fraction of sp³-hybridized carbons (Fsp3) is 0.300. The Bertz CT molecular complexity index is 746. The van der Waals surface area contributed by atoms with Gasteiger partial charge in [-0.2, -0.15) is 0 Å². The van der Waals surface area contributed by atoms with Crippen LogP contribution in [0.2, 0.25) is 0 Å². The number of halogens is 1. The predicted octanol–water partition coefficient (Wildman–Crippen LogP) is 3.03. The molecule has 0 aliphatic carbocycles. The van der Waals surface area contributed by atoms with E-state index in [2.05, 4.69) is 5.32 Å². The molecule has 3 N–H and O–H groups in total. The number of anilines is 1. The molecular weight excluding hydrogens is 352 g/mol. The third-order valence-corrected chi connectivity index (χ3v) is 4.50. The summed E-state index contributed by atoms with van der Waals surface area (Å²) in [4.78, 5) is 24.9. The van der Waals surface area contributed by atoms with Crippen LogP contribution in [-0.2, 0) is 9.53 Å². The van der Waals surface area contributed by atoms with Crippen LogP contribution < -0.4 is 11.1 Å². The van der Waals surface area contributed by atoms with Gasteiger partial charge in [-0.3, -0.25) is 9.59 Å². The van der Waals surface area contributed by atoms with Crippen molar-refractivity contribution >= 4 is 29.8 Å². The molecule has 0 saturated carbocycles. The number of carbonyl (C=O) groups is 2. The molecule has 138 valence electrons. The average Bonchev–Trinajstić information content (AvgIpc) is 2.68. The average molecular weight is 375 g/mol. The number of hydrogen-bond acceptors (Lipinski definition) is 4. The molecule has 6 heteroatoms. The summed E-state index contributed by atoms with van der Waals surface area (Å²) in [6.07, 6.45) is 1.59. The lowest BCUT2D eigenvalue weighted by Crippen LogP contribution is -2.44. The van der Waals surface area contributed by atoms with Crippen molar-refractivity contribution in [3.05, 3.63) is 65.7 Å². The molecule has 1 heterocycles. The van der Waals surface area contributed by atoms with E-state index in [9.17, 15) is 9.59 Å². The van der Waals surface area contributed by atoms with Gasteiger partial charge in [0.05, 0.1) is 6.04 Å². The zero-order valence-corrected chi connectivity index (χ0v) is 15.2. The van der Waals surface area contributed by atoms with E-state index in [4.69, 9.17) is 10.5 Å². The Kier molecular flexibility index (Phi) is 7.33. The second kappa shape index (κ2) is 9.48. The van der Waals surface area contributed by atoms with E-state index in [1.807, 2.05) is 18.2 Å². The van der Waals surface area contributed by atoms with Crippen molar-refractivity contribution in [2.75, 3.05) is 18.5 Å². The second-order valence-corrected chi connectivity index (χ2v) is 6.24. The number of ether oxygens (including phenoxy) is 1. The lowest BCUT2D eigenvalue weighted by molar-refractivity contribution is -0.119. The SMILES string of the molecule is Cl.NC(C(=O)Nc1cccc(C(=O)c2ccccc2)c1)C1CCOCC1. The molecule has 2 aromatic rings. The highest BCUT2D eigenvalue weighted by Crippen LogP contribution is 2.20. The molecule has 1 saturated heterocycles. The maximum atomic E-state index is 12.5. The summed E-state index contributed by atoms with van der Waals surface area (Å²) in [6, 6.07) is 15.4. The molecule has 2 aromatic carbocycles. The highest BCUT2D eigenvalue weighted by atomic mass is 35.5. The van der Waals surface area contributed by atoms with Crippen LogP contribution >= 0.6 is 12.4 Å². The molecule has 0 radical (unpaired) electrons. The minimum Gasteiger partial charge on any atom is -0.381 e. The van der Waals surface area contributed by atoms with Crippen LogP contribution in [0, 0.1) is 5.92 Å². The summed E-state index contributed by atoms with van der Waals surface area (Å²) in [5.74, 6) is -0.176. The van der Waals surface area contributed by atoms with Crippen molar-refractivity contribution in [2.24, 2.45) is 11.7 Å². The van der Waals surface area contributed by atoms with Gasteiger partial charge in [-0.25, -0.2) is 0 Å².